The first-order valence-corrected chi connectivity index (χ1v) is 20.8. The monoisotopic (exact) mass is 791 g/mol. The molecule has 15 heteroatoms. The first-order valence-electron chi connectivity index (χ1n) is 19.2. The Kier molecular flexibility index (Phi) is 12.1. The number of amides is 4. The van der Waals surface area contributed by atoms with Gasteiger partial charge in [0.2, 0.25) is 21.8 Å². The maximum absolute atomic E-state index is 14.0. The van der Waals surface area contributed by atoms with E-state index in [-0.39, 0.29) is 23.9 Å². The molecule has 4 amide bonds. The zero-order chi connectivity index (χ0) is 40.1. The standard InChI is InChI=1S/C41H51N7O7S.3H2/c1-5-30-26-41(30,38(51)46-56(53,54)31-21-22-31)43-36(49)32-20-14-23-48(32)37(50)35(40(2,3)4)42-39(52)55-24-12-7-6-9-15-27-16-13-19-29(25-27)34-33(44-47-45-34)28-17-10-8-11-18-28;;;/h5,8-11,13,15-19,25,30-32,35H,1,6-7,12,14,20-24,26H2,2-4H3,(H,42,52)(H,43,49)(H,46,51)(H,44,45,47);3*1H/b15-9+;;;/t30-,32+,35-,41-;;;/m1.../s1. The van der Waals surface area contributed by atoms with Gasteiger partial charge in [0.25, 0.3) is 5.91 Å². The molecule has 1 aliphatic heterocycles. The van der Waals surface area contributed by atoms with Gasteiger partial charge in [0.05, 0.1) is 11.9 Å². The van der Waals surface area contributed by atoms with E-state index in [1.165, 1.54) is 11.0 Å². The highest BCUT2D eigenvalue weighted by atomic mass is 32.2. The number of aromatic nitrogens is 3. The van der Waals surface area contributed by atoms with E-state index in [9.17, 15) is 27.6 Å². The minimum absolute atomic E-state index is 0. The molecule has 1 aromatic heterocycles. The number of hydrogen-bond acceptors (Lipinski definition) is 9. The fourth-order valence-corrected chi connectivity index (χ4v) is 8.43. The van der Waals surface area contributed by atoms with Crippen molar-refractivity contribution in [1.29, 1.82) is 0 Å². The van der Waals surface area contributed by atoms with Crippen molar-refractivity contribution in [2.75, 3.05) is 13.2 Å². The summed E-state index contributed by atoms with van der Waals surface area (Å²) in [5.41, 5.74) is 2.34. The number of nitrogens with one attached hydrogen (secondary N) is 4. The summed E-state index contributed by atoms with van der Waals surface area (Å²) >= 11 is 0. The highest BCUT2D eigenvalue weighted by Gasteiger charge is 2.61. The van der Waals surface area contributed by atoms with E-state index >= 15 is 0 Å². The van der Waals surface area contributed by atoms with Crippen molar-refractivity contribution >= 4 is 39.9 Å². The predicted molar refractivity (Wildman–Crippen MR) is 218 cm³/mol. The van der Waals surface area contributed by atoms with Crippen LogP contribution in [-0.4, -0.2) is 88.6 Å². The Morgan fingerprint density at radius 2 is 1.75 bits per heavy atom. The van der Waals surface area contributed by atoms with Gasteiger partial charge in [-0.05, 0) is 68.4 Å². The Bertz CT molecular complexity index is 2090. The highest BCUT2D eigenvalue weighted by Crippen LogP contribution is 2.45. The number of allylic oxidation sites excluding steroid dienone is 1. The van der Waals surface area contributed by atoms with E-state index in [1.807, 2.05) is 75.4 Å². The van der Waals surface area contributed by atoms with Gasteiger partial charge < -0.3 is 20.3 Å². The van der Waals surface area contributed by atoms with Crippen LogP contribution in [0, 0.1) is 11.3 Å². The smallest absolute Gasteiger partial charge is 0.407 e. The number of likely N-dealkylation sites (tertiary alicyclic amines) is 1. The van der Waals surface area contributed by atoms with Crippen molar-refractivity contribution in [3.63, 3.8) is 0 Å². The average molecular weight is 792 g/mol. The van der Waals surface area contributed by atoms with Crippen molar-refractivity contribution in [2.45, 2.75) is 95.0 Å². The molecule has 3 aromatic rings. The van der Waals surface area contributed by atoms with Crippen LogP contribution < -0.4 is 15.4 Å². The van der Waals surface area contributed by atoms with Crippen LogP contribution in [0.25, 0.3) is 28.6 Å². The Morgan fingerprint density at radius 3 is 2.43 bits per heavy atom. The number of nitrogens with zero attached hydrogens (tertiary/aromatic N) is 3. The summed E-state index contributed by atoms with van der Waals surface area (Å²) in [7, 11) is -3.83. The summed E-state index contributed by atoms with van der Waals surface area (Å²) in [4.78, 5) is 55.2. The quantitative estimate of drug-likeness (QED) is 0.102. The minimum Gasteiger partial charge on any atom is -0.450 e. The van der Waals surface area contributed by atoms with Gasteiger partial charge >= 0.3 is 6.09 Å². The topological polar surface area (TPSA) is 193 Å². The van der Waals surface area contributed by atoms with E-state index in [4.69, 9.17) is 4.74 Å². The SMILES string of the molecule is C=C[C@@H]1C[C@]1(NC(=O)[C@@H]1CCCN1C(=O)[C@@H](NC(=O)OCCCC/C=C/c1cccc(-c2n[nH]nc2-c2ccccc2)c1)C(C)(C)C)C(=O)NS(=O)(=O)C1CC1.[HH].[HH].[HH]. The third kappa shape index (κ3) is 9.37. The number of aromatic amines is 1. The normalized spacial score (nSPS) is 21.3. The van der Waals surface area contributed by atoms with Crippen molar-refractivity contribution < 1.29 is 36.6 Å². The molecule has 0 spiro atoms. The number of carbonyl (C=O) groups excluding carboxylic acids is 4. The molecule has 3 fully saturated rings. The van der Waals surface area contributed by atoms with Gasteiger partial charge in [-0.3, -0.25) is 19.1 Å². The van der Waals surface area contributed by atoms with E-state index < -0.39 is 68.0 Å². The molecular weight excluding hydrogens is 735 g/mol. The largest absolute Gasteiger partial charge is 0.450 e. The number of unbranched alkanes of at least 4 members (excludes halogenated alkanes) is 2. The summed E-state index contributed by atoms with van der Waals surface area (Å²) < 4.78 is 32.6. The lowest BCUT2D eigenvalue weighted by Gasteiger charge is -2.35. The van der Waals surface area contributed by atoms with Crippen LogP contribution >= 0.6 is 0 Å². The number of carbonyl (C=O) groups is 4. The van der Waals surface area contributed by atoms with Crippen LogP contribution in [0.3, 0.4) is 0 Å². The van der Waals surface area contributed by atoms with E-state index in [0.717, 1.165) is 40.9 Å². The van der Waals surface area contributed by atoms with Gasteiger partial charge in [-0.25, -0.2) is 13.2 Å². The molecule has 2 aliphatic carbocycles. The first kappa shape index (κ1) is 40.4. The number of sulfonamides is 1. The molecule has 2 heterocycles. The number of alkyl carbamates (subject to hydrolysis) is 1. The average Bonchev–Trinajstić information content (AvgIpc) is 4.04. The Morgan fingerprint density at radius 1 is 1.04 bits per heavy atom. The van der Waals surface area contributed by atoms with Gasteiger partial charge in [-0.15, -0.1) is 6.58 Å². The molecule has 2 saturated carbocycles. The van der Waals surface area contributed by atoms with Crippen LogP contribution in [0.2, 0.25) is 0 Å². The molecule has 56 heavy (non-hydrogen) atoms. The summed E-state index contributed by atoms with van der Waals surface area (Å²) in [5, 5.41) is 16.4. The third-order valence-electron chi connectivity index (χ3n) is 10.5. The number of benzene rings is 2. The number of hydrogen-bond donors (Lipinski definition) is 4. The predicted octanol–water partition coefficient (Wildman–Crippen LogP) is 5.86. The zero-order valence-electron chi connectivity index (χ0n) is 32.1. The Labute approximate surface area is 332 Å². The minimum atomic E-state index is -3.83. The molecule has 0 radical (unpaired) electrons. The van der Waals surface area contributed by atoms with E-state index in [1.54, 1.807) is 0 Å². The summed E-state index contributed by atoms with van der Waals surface area (Å²) in [6.07, 6.45) is 9.14. The number of ether oxygens (including phenoxy) is 1. The fraction of sp³-hybridized carbons (Fsp3) is 0.463. The van der Waals surface area contributed by atoms with Crippen LogP contribution in [0.5, 0.6) is 0 Å². The van der Waals surface area contributed by atoms with Gasteiger partial charge in [-0.2, -0.15) is 15.4 Å². The van der Waals surface area contributed by atoms with Crippen LogP contribution in [0.1, 0.15) is 82.0 Å². The maximum atomic E-state index is 14.0. The second-order valence-corrected chi connectivity index (χ2v) is 17.8. The molecule has 4 atom stereocenters. The molecule has 1 saturated heterocycles. The van der Waals surface area contributed by atoms with Crippen LogP contribution in [0.4, 0.5) is 4.79 Å². The molecule has 4 N–H and O–H groups in total. The second kappa shape index (κ2) is 16.8. The molecule has 0 unspecified atom stereocenters. The summed E-state index contributed by atoms with van der Waals surface area (Å²) in [6, 6.07) is 16.1. The molecule has 6 rings (SSSR count). The highest BCUT2D eigenvalue weighted by molar-refractivity contribution is 7.91. The number of H-pyrrole nitrogens is 1. The van der Waals surface area contributed by atoms with Gasteiger partial charge in [0.15, 0.2) is 0 Å². The lowest BCUT2D eigenvalue weighted by Crippen LogP contribution is -2.60. The van der Waals surface area contributed by atoms with Crippen LogP contribution in [0.15, 0.2) is 73.3 Å². The van der Waals surface area contributed by atoms with Gasteiger partial charge in [0.1, 0.15) is 29.0 Å². The Balaban J connectivity index is 0.00000310. The van der Waals surface area contributed by atoms with Crippen LogP contribution in [-0.2, 0) is 29.1 Å². The lowest BCUT2D eigenvalue weighted by atomic mass is 9.85. The van der Waals surface area contributed by atoms with Gasteiger partial charge in [-0.1, -0.05) is 87.5 Å². The summed E-state index contributed by atoms with van der Waals surface area (Å²) in [5.74, 6) is -2.23. The van der Waals surface area contributed by atoms with E-state index in [2.05, 4.69) is 49.5 Å². The molecule has 2 aromatic carbocycles. The third-order valence-corrected chi connectivity index (χ3v) is 12.3. The molecule has 14 nitrogen and oxygen atoms in total. The molecular formula is C41H57N7O7S. The van der Waals surface area contributed by atoms with Crippen molar-refractivity contribution in [3.05, 3.63) is 78.9 Å². The molecule has 304 valence electrons. The first-order chi connectivity index (χ1) is 26.7. The van der Waals surface area contributed by atoms with Gasteiger partial charge in [0, 0.05) is 27.9 Å². The number of rotatable bonds is 16. The summed E-state index contributed by atoms with van der Waals surface area (Å²) in [6.45, 7) is 9.63. The zero-order valence-corrected chi connectivity index (χ0v) is 32.9. The van der Waals surface area contributed by atoms with Crippen molar-refractivity contribution in [2.24, 2.45) is 11.3 Å². The van der Waals surface area contributed by atoms with E-state index in [0.29, 0.717) is 32.1 Å². The molecule has 0 bridgehead atoms. The maximum Gasteiger partial charge on any atom is 0.407 e. The van der Waals surface area contributed by atoms with Crippen molar-refractivity contribution in [3.8, 4) is 22.5 Å². The lowest BCUT2D eigenvalue weighted by molar-refractivity contribution is -0.142. The van der Waals surface area contributed by atoms with Crippen molar-refractivity contribution in [1.82, 2.24) is 35.7 Å². The molecule has 3 aliphatic rings. The fourth-order valence-electron chi connectivity index (χ4n) is 7.06. The second-order valence-electron chi connectivity index (χ2n) is 15.9. The Hall–Kier alpha value is -5.31.